The molecule has 1 aromatic heterocycles. The molecule has 0 aliphatic heterocycles. The molecule has 0 aliphatic carbocycles. The highest BCUT2D eigenvalue weighted by atomic mass is 16.5. The normalized spacial score (nSPS) is 10.5. The van der Waals surface area contributed by atoms with Crippen LogP contribution in [0.25, 0.3) is 0 Å². The number of ether oxygens (including phenoxy) is 2. The number of aromatic nitrogens is 1. The van der Waals surface area contributed by atoms with Gasteiger partial charge >= 0.3 is 5.97 Å². The highest BCUT2D eigenvalue weighted by Crippen LogP contribution is 2.19. The predicted molar refractivity (Wildman–Crippen MR) is 111 cm³/mol. The second kappa shape index (κ2) is 9.73. The third-order valence-corrected chi connectivity index (χ3v) is 4.64. The van der Waals surface area contributed by atoms with E-state index in [4.69, 9.17) is 14.0 Å². The van der Waals surface area contributed by atoms with Gasteiger partial charge in [-0.25, -0.2) is 4.79 Å². The van der Waals surface area contributed by atoms with E-state index >= 15 is 0 Å². The Labute approximate surface area is 175 Å². The van der Waals surface area contributed by atoms with Crippen molar-refractivity contribution in [1.82, 2.24) is 5.16 Å². The Morgan fingerprint density at radius 2 is 1.90 bits per heavy atom. The van der Waals surface area contributed by atoms with Crippen molar-refractivity contribution in [2.24, 2.45) is 0 Å². The fraction of sp³-hybridized carbons (Fsp3) is 0.261. The van der Waals surface area contributed by atoms with E-state index in [1.165, 1.54) is 0 Å². The molecule has 2 aromatic carbocycles. The van der Waals surface area contributed by atoms with Crippen LogP contribution in [0, 0.1) is 13.8 Å². The average molecular weight is 408 g/mol. The van der Waals surface area contributed by atoms with Gasteiger partial charge in [-0.2, -0.15) is 0 Å². The van der Waals surface area contributed by atoms with Gasteiger partial charge in [-0.3, -0.25) is 4.79 Å². The summed E-state index contributed by atoms with van der Waals surface area (Å²) in [7, 11) is 0. The Bertz CT molecular complexity index is 1020. The number of benzene rings is 2. The summed E-state index contributed by atoms with van der Waals surface area (Å²) in [5.41, 5.74) is 3.66. The number of esters is 1. The first kappa shape index (κ1) is 21.1. The van der Waals surface area contributed by atoms with Crippen LogP contribution in [0.2, 0.25) is 0 Å². The maximum absolute atomic E-state index is 12.3. The topological polar surface area (TPSA) is 90.7 Å². The van der Waals surface area contributed by atoms with Crippen molar-refractivity contribution in [3.63, 3.8) is 0 Å². The lowest BCUT2D eigenvalue weighted by Gasteiger charge is -2.10. The molecule has 0 saturated carbocycles. The maximum Gasteiger partial charge on any atom is 0.338 e. The number of anilines is 1. The van der Waals surface area contributed by atoms with Gasteiger partial charge in [-0.15, -0.1) is 0 Å². The number of amides is 1. The SMILES string of the molecule is CCc1ccccc1NC(=O)COC(=O)c1cccc(OCc2c(C)noc2C)c1. The summed E-state index contributed by atoms with van der Waals surface area (Å²) in [6, 6.07) is 14.1. The lowest BCUT2D eigenvalue weighted by atomic mass is 10.1. The molecule has 0 aliphatic rings. The largest absolute Gasteiger partial charge is 0.489 e. The van der Waals surface area contributed by atoms with Crippen LogP contribution in [-0.2, 0) is 22.6 Å². The van der Waals surface area contributed by atoms with E-state index in [1.54, 1.807) is 24.3 Å². The molecule has 1 amide bonds. The lowest BCUT2D eigenvalue weighted by Crippen LogP contribution is -2.21. The maximum atomic E-state index is 12.3. The van der Waals surface area contributed by atoms with Crippen LogP contribution in [-0.4, -0.2) is 23.6 Å². The second-order valence-corrected chi connectivity index (χ2v) is 6.75. The van der Waals surface area contributed by atoms with Gasteiger partial charge in [0.15, 0.2) is 6.61 Å². The number of nitrogens with zero attached hydrogens (tertiary/aromatic N) is 1. The van der Waals surface area contributed by atoms with Gasteiger partial charge in [0.2, 0.25) is 0 Å². The lowest BCUT2D eigenvalue weighted by molar-refractivity contribution is -0.119. The van der Waals surface area contributed by atoms with Crippen molar-refractivity contribution in [2.45, 2.75) is 33.8 Å². The Balaban J connectivity index is 1.55. The monoisotopic (exact) mass is 408 g/mol. The van der Waals surface area contributed by atoms with E-state index in [1.807, 2.05) is 45.0 Å². The molecule has 0 radical (unpaired) electrons. The third kappa shape index (κ3) is 5.26. The minimum absolute atomic E-state index is 0.277. The number of para-hydroxylation sites is 1. The zero-order chi connectivity index (χ0) is 21.5. The Morgan fingerprint density at radius 3 is 2.63 bits per heavy atom. The molecule has 7 heteroatoms. The summed E-state index contributed by atoms with van der Waals surface area (Å²) in [5, 5.41) is 6.66. The molecule has 7 nitrogen and oxygen atoms in total. The van der Waals surface area contributed by atoms with E-state index in [0.29, 0.717) is 17.1 Å². The van der Waals surface area contributed by atoms with Crippen molar-refractivity contribution >= 4 is 17.6 Å². The number of hydrogen-bond acceptors (Lipinski definition) is 6. The quantitative estimate of drug-likeness (QED) is 0.561. The summed E-state index contributed by atoms with van der Waals surface area (Å²) in [6.45, 7) is 5.56. The number of carbonyl (C=O) groups is 2. The minimum atomic E-state index is -0.600. The molecule has 0 saturated heterocycles. The van der Waals surface area contributed by atoms with Crippen molar-refractivity contribution in [2.75, 3.05) is 11.9 Å². The van der Waals surface area contributed by atoms with Crippen molar-refractivity contribution in [3.8, 4) is 5.75 Å². The molecule has 3 rings (SSSR count). The van der Waals surface area contributed by atoms with E-state index in [0.717, 1.165) is 28.9 Å². The predicted octanol–water partition coefficient (Wildman–Crippen LogP) is 4.23. The highest BCUT2D eigenvalue weighted by Gasteiger charge is 2.13. The molecule has 0 spiro atoms. The van der Waals surface area contributed by atoms with E-state index < -0.39 is 11.9 Å². The summed E-state index contributed by atoms with van der Waals surface area (Å²) < 4.78 is 16.0. The first-order chi connectivity index (χ1) is 14.5. The molecule has 156 valence electrons. The average Bonchev–Trinajstić information content (AvgIpc) is 3.08. The summed E-state index contributed by atoms with van der Waals surface area (Å²) in [6.07, 6.45) is 0.789. The molecule has 1 heterocycles. The van der Waals surface area contributed by atoms with Gasteiger partial charge in [0, 0.05) is 5.69 Å². The smallest absolute Gasteiger partial charge is 0.338 e. The molecule has 0 bridgehead atoms. The van der Waals surface area contributed by atoms with E-state index in [-0.39, 0.29) is 13.2 Å². The van der Waals surface area contributed by atoms with Crippen LogP contribution in [0.1, 0.15) is 39.9 Å². The first-order valence-electron chi connectivity index (χ1n) is 9.67. The molecule has 0 fully saturated rings. The molecule has 0 atom stereocenters. The zero-order valence-corrected chi connectivity index (χ0v) is 17.2. The van der Waals surface area contributed by atoms with Gasteiger partial charge in [0.1, 0.15) is 18.1 Å². The molecule has 1 N–H and O–H groups in total. The van der Waals surface area contributed by atoms with Crippen molar-refractivity contribution < 1.29 is 23.6 Å². The van der Waals surface area contributed by atoms with Crippen LogP contribution in [0.15, 0.2) is 53.1 Å². The second-order valence-electron chi connectivity index (χ2n) is 6.75. The number of hydrogen-bond donors (Lipinski definition) is 1. The first-order valence-corrected chi connectivity index (χ1v) is 9.67. The molecular weight excluding hydrogens is 384 g/mol. The highest BCUT2D eigenvalue weighted by molar-refractivity contribution is 5.96. The summed E-state index contributed by atoms with van der Waals surface area (Å²) in [5.74, 6) is 0.205. The number of aryl methyl sites for hydroxylation is 3. The Hall–Kier alpha value is -3.61. The van der Waals surface area contributed by atoms with Crippen LogP contribution in [0.5, 0.6) is 5.75 Å². The Kier molecular flexibility index (Phi) is 6.85. The third-order valence-electron chi connectivity index (χ3n) is 4.64. The minimum Gasteiger partial charge on any atom is -0.489 e. The molecular formula is C23H24N2O5. The van der Waals surface area contributed by atoms with Crippen LogP contribution in [0.4, 0.5) is 5.69 Å². The van der Waals surface area contributed by atoms with E-state index in [2.05, 4.69) is 10.5 Å². The molecule has 0 unspecified atom stereocenters. The van der Waals surface area contributed by atoms with Gasteiger partial charge in [0.05, 0.1) is 16.8 Å². The number of nitrogens with one attached hydrogen (secondary N) is 1. The van der Waals surface area contributed by atoms with Gasteiger partial charge in [-0.1, -0.05) is 36.3 Å². The number of rotatable bonds is 8. The standard InChI is InChI=1S/C23H24N2O5/c1-4-17-8-5-6-11-21(17)24-22(26)14-29-23(27)18-9-7-10-19(12-18)28-13-20-15(2)25-30-16(20)3/h5-12H,4,13-14H2,1-3H3,(H,24,26). The Morgan fingerprint density at radius 1 is 1.10 bits per heavy atom. The zero-order valence-electron chi connectivity index (χ0n) is 17.2. The van der Waals surface area contributed by atoms with Gasteiger partial charge in [-0.05, 0) is 50.1 Å². The number of carbonyl (C=O) groups excluding carboxylic acids is 2. The van der Waals surface area contributed by atoms with Crippen LogP contribution < -0.4 is 10.1 Å². The molecule has 30 heavy (non-hydrogen) atoms. The van der Waals surface area contributed by atoms with Gasteiger partial charge < -0.3 is 19.3 Å². The fourth-order valence-electron chi connectivity index (χ4n) is 2.93. The molecule has 3 aromatic rings. The van der Waals surface area contributed by atoms with Crippen molar-refractivity contribution in [1.29, 1.82) is 0 Å². The van der Waals surface area contributed by atoms with Crippen molar-refractivity contribution in [3.05, 3.63) is 76.7 Å². The summed E-state index contributed by atoms with van der Waals surface area (Å²) >= 11 is 0. The van der Waals surface area contributed by atoms with Crippen LogP contribution in [0.3, 0.4) is 0 Å². The van der Waals surface area contributed by atoms with E-state index in [9.17, 15) is 9.59 Å². The van der Waals surface area contributed by atoms with Gasteiger partial charge in [0.25, 0.3) is 5.91 Å². The van der Waals surface area contributed by atoms with Crippen LogP contribution >= 0.6 is 0 Å². The fourth-order valence-corrected chi connectivity index (χ4v) is 2.93. The summed E-state index contributed by atoms with van der Waals surface area (Å²) in [4.78, 5) is 24.5.